The molecule has 0 aliphatic rings. The molecule has 5 heteroatoms. The fourth-order valence-corrected chi connectivity index (χ4v) is 2.09. The number of aromatic nitrogens is 1. The van der Waals surface area contributed by atoms with Crippen LogP contribution in [0.15, 0.2) is 36.5 Å². The second kappa shape index (κ2) is 6.39. The van der Waals surface area contributed by atoms with Crippen molar-refractivity contribution >= 4 is 29.0 Å². The van der Waals surface area contributed by atoms with Gasteiger partial charge in [0.2, 0.25) is 0 Å². The number of para-hydroxylation sites is 1. The number of amides is 1. The maximum atomic E-state index is 12.2. The Morgan fingerprint density at radius 1 is 1.35 bits per heavy atom. The van der Waals surface area contributed by atoms with E-state index in [1.54, 1.807) is 24.4 Å². The van der Waals surface area contributed by atoms with Crippen LogP contribution in [0.5, 0.6) is 0 Å². The van der Waals surface area contributed by atoms with Crippen molar-refractivity contribution in [2.24, 2.45) is 0 Å². The number of hydrogen-bond acceptors (Lipinski definition) is 3. The minimum Gasteiger partial charge on any atom is -0.370 e. The summed E-state index contributed by atoms with van der Waals surface area (Å²) < 4.78 is 0. The molecule has 4 nitrogen and oxygen atoms in total. The van der Waals surface area contributed by atoms with Gasteiger partial charge in [-0.05, 0) is 37.6 Å². The summed E-state index contributed by atoms with van der Waals surface area (Å²) in [5.41, 5.74) is 2.10. The molecule has 2 rings (SSSR count). The van der Waals surface area contributed by atoms with Crippen molar-refractivity contribution in [3.63, 3.8) is 0 Å². The zero-order valence-electron chi connectivity index (χ0n) is 11.4. The van der Waals surface area contributed by atoms with Gasteiger partial charge in [-0.25, -0.2) is 4.98 Å². The summed E-state index contributed by atoms with van der Waals surface area (Å²) in [4.78, 5) is 16.4. The molecule has 0 unspecified atom stereocenters. The van der Waals surface area contributed by atoms with Crippen LogP contribution in [0, 0.1) is 6.92 Å². The van der Waals surface area contributed by atoms with E-state index < -0.39 is 0 Å². The Labute approximate surface area is 123 Å². The standard InChI is InChI=1S/C15H16ClN3O/c1-3-17-13-9-11(7-8-18-13)15(20)19-14-10(2)5-4-6-12(14)16/h4-9H,3H2,1-2H3,(H,17,18)(H,19,20). The van der Waals surface area contributed by atoms with Crippen LogP contribution in [0.25, 0.3) is 0 Å². The largest absolute Gasteiger partial charge is 0.370 e. The summed E-state index contributed by atoms with van der Waals surface area (Å²) in [7, 11) is 0. The molecule has 0 bridgehead atoms. The van der Waals surface area contributed by atoms with Gasteiger partial charge in [0.1, 0.15) is 5.82 Å². The number of nitrogens with one attached hydrogen (secondary N) is 2. The molecule has 2 aromatic rings. The molecule has 1 aromatic carbocycles. The molecule has 1 amide bonds. The normalized spacial score (nSPS) is 10.2. The van der Waals surface area contributed by atoms with E-state index in [-0.39, 0.29) is 5.91 Å². The Morgan fingerprint density at radius 3 is 2.85 bits per heavy atom. The zero-order valence-corrected chi connectivity index (χ0v) is 12.2. The number of carbonyl (C=O) groups excluding carboxylic acids is 1. The lowest BCUT2D eigenvalue weighted by Gasteiger charge is -2.11. The van der Waals surface area contributed by atoms with E-state index in [9.17, 15) is 4.79 Å². The summed E-state index contributed by atoms with van der Waals surface area (Å²) in [5, 5.41) is 6.44. The van der Waals surface area contributed by atoms with Gasteiger partial charge in [0.05, 0.1) is 10.7 Å². The Hall–Kier alpha value is -2.07. The molecule has 0 spiro atoms. The van der Waals surface area contributed by atoms with E-state index in [0.717, 1.165) is 12.1 Å². The third kappa shape index (κ3) is 3.27. The quantitative estimate of drug-likeness (QED) is 0.902. The van der Waals surface area contributed by atoms with Gasteiger partial charge >= 0.3 is 0 Å². The fourth-order valence-electron chi connectivity index (χ4n) is 1.83. The molecular weight excluding hydrogens is 274 g/mol. The molecule has 1 aromatic heterocycles. The lowest BCUT2D eigenvalue weighted by Crippen LogP contribution is -2.14. The first kappa shape index (κ1) is 14.3. The maximum absolute atomic E-state index is 12.2. The minimum atomic E-state index is -0.206. The van der Waals surface area contributed by atoms with E-state index >= 15 is 0 Å². The van der Waals surface area contributed by atoms with Crippen LogP contribution < -0.4 is 10.6 Å². The monoisotopic (exact) mass is 289 g/mol. The highest BCUT2D eigenvalue weighted by Crippen LogP contribution is 2.25. The lowest BCUT2D eigenvalue weighted by molar-refractivity contribution is 0.102. The molecule has 1 heterocycles. The van der Waals surface area contributed by atoms with E-state index in [4.69, 9.17) is 11.6 Å². The zero-order chi connectivity index (χ0) is 14.5. The first-order valence-electron chi connectivity index (χ1n) is 6.38. The number of halogens is 1. The fraction of sp³-hybridized carbons (Fsp3) is 0.200. The number of hydrogen-bond donors (Lipinski definition) is 2. The molecule has 0 fully saturated rings. The Bertz CT molecular complexity index is 608. The van der Waals surface area contributed by atoms with Crippen LogP contribution in [-0.2, 0) is 0 Å². The van der Waals surface area contributed by atoms with Crippen LogP contribution >= 0.6 is 11.6 Å². The van der Waals surface area contributed by atoms with Crippen LogP contribution in [-0.4, -0.2) is 17.4 Å². The van der Waals surface area contributed by atoms with Crippen molar-refractivity contribution in [2.45, 2.75) is 13.8 Å². The van der Waals surface area contributed by atoms with Crippen molar-refractivity contribution in [1.82, 2.24) is 4.98 Å². The van der Waals surface area contributed by atoms with Gasteiger partial charge in [0.15, 0.2) is 0 Å². The first-order valence-corrected chi connectivity index (χ1v) is 6.76. The van der Waals surface area contributed by atoms with Gasteiger partial charge < -0.3 is 10.6 Å². The maximum Gasteiger partial charge on any atom is 0.255 e. The number of rotatable bonds is 4. The van der Waals surface area contributed by atoms with Gasteiger partial charge in [-0.15, -0.1) is 0 Å². The number of aryl methyl sites for hydroxylation is 1. The van der Waals surface area contributed by atoms with Crippen molar-refractivity contribution in [3.05, 3.63) is 52.7 Å². The highest BCUT2D eigenvalue weighted by atomic mass is 35.5. The summed E-state index contributed by atoms with van der Waals surface area (Å²) in [6.07, 6.45) is 1.60. The molecule has 0 saturated heterocycles. The molecule has 2 N–H and O–H groups in total. The Kier molecular flexibility index (Phi) is 4.58. The average molecular weight is 290 g/mol. The smallest absolute Gasteiger partial charge is 0.255 e. The molecule has 0 atom stereocenters. The second-order valence-corrected chi connectivity index (χ2v) is 4.75. The predicted molar refractivity (Wildman–Crippen MR) is 82.5 cm³/mol. The van der Waals surface area contributed by atoms with Crippen molar-refractivity contribution in [3.8, 4) is 0 Å². The Balaban J connectivity index is 2.22. The number of pyridine rings is 1. The minimum absolute atomic E-state index is 0.206. The molecule has 0 saturated carbocycles. The van der Waals surface area contributed by atoms with E-state index in [1.165, 1.54) is 0 Å². The molecule has 0 aliphatic heterocycles. The number of nitrogens with zero attached hydrogens (tertiary/aromatic N) is 1. The van der Waals surface area contributed by atoms with Crippen LogP contribution in [0.1, 0.15) is 22.8 Å². The first-order chi connectivity index (χ1) is 9.61. The van der Waals surface area contributed by atoms with Gasteiger partial charge in [-0.3, -0.25) is 4.79 Å². The summed E-state index contributed by atoms with van der Waals surface area (Å²) >= 11 is 6.10. The highest BCUT2D eigenvalue weighted by Gasteiger charge is 2.11. The summed E-state index contributed by atoms with van der Waals surface area (Å²) in [6.45, 7) is 4.63. The van der Waals surface area contributed by atoms with Crippen molar-refractivity contribution < 1.29 is 4.79 Å². The van der Waals surface area contributed by atoms with Crippen LogP contribution in [0.3, 0.4) is 0 Å². The number of anilines is 2. The van der Waals surface area contributed by atoms with E-state index in [1.807, 2.05) is 26.0 Å². The summed E-state index contributed by atoms with van der Waals surface area (Å²) in [5.74, 6) is 0.471. The summed E-state index contributed by atoms with van der Waals surface area (Å²) in [6, 6.07) is 8.88. The molecular formula is C15H16ClN3O. The Morgan fingerprint density at radius 2 is 2.15 bits per heavy atom. The highest BCUT2D eigenvalue weighted by molar-refractivity contribution is 6.34. The van der Waals surface area contributed by atoms with Crippen LogP contribution in [0.4, 0.5) is 11.5 Å². The molecule has 0 aliphatic carbocycles. The van der Waals surface area contributed by atoms with Gasteiger partial charge in [0.25, 0.3) is 5.91 Å². The third-order valence-corrected chi connectivity index (χ3v) is 3.16. The van der Waals surface area contributed by atoms with Gasteiger partial charge in [-0.1, -0.05) is 23.7 Å². The topological polar surface area (TPSA) is 54.0 Å². The second-order valence-electron chi connectivity index (χ2n) is 4.35. The van der Waals surface area contributed by atoms with E-state index in [2.05, 4.69) is 15.6 Å². The van der Waals surface area contributed by atoms with E-state index in [0.29, 0.717) is 22.1 Å². The molecule has 0 radical (unpaired) electrons. The van der Waals surface area contributed by atoms with Crippen molar-refractivity contribution in [2.75, 3.05) is 17.2 Å². The predicted octanol–water partition coefficient (Wildman–Crippen LogP) is 3.73. The third-order valence-electron chi connectivity index (χ3n) is 2.84. The van der Waals surface area contributed by atoms with Crippen molar-refractivity contribution in [1.29, 1.82) is 0 Å². The number of benzene rings is 1. The molecule has 20 heavy (non-hydrogen) atoms. The van der Waals surface area contributed by atoms with Gasteiger partial charge in [-0.2, -0.15) is 0 Å². The lowest BCUT2D eigenvalue weighted by atomic mass is 10.2. The average Bonchev–Trinajstić information content (AvgIpc) is 2.43. The number of carbonyl (C=O) groups is 1. The molecule has 104 valence electrons. The van der Waals surface area contributed by atoms with Crippen LogP contribution in [0.2, 0.25) is 5.02 Å². The van der Waals surface area contributed by atoms with Gasteiger partial charge in [0, 0.05) is 18.3 Å². The SMILES string of the molecule is CCNc1cc(C(=O)Nc2c(C)cccc2Cl)ccn1.